The van der Waals surface area contributed by atoms with Gasteiger partial charge in [-0.15, -0.1) is 0 Å². The lowest BCUT2D eigenvalue weighted by atomic mass is 9.96. The largest absolute Gasteiger partial charge is 0.496 e. The summed E-state index contributed by atoms with van der Waals surface area (Å²) in [5.74, 6) is 2.40. The van der Waals surface area contributed by atoms with Gasteiger partial charge in [0.05, 0.1) is 13.7 Å². The van der Waals surface area contributed by atoms with Crippen molar-refractivity contribution in [3.8, 4) is 11.5 Å². The maximum atomic E-state index is 6.26. The van der Waals surface area contributed by atoms with Gasteiger partial charge in [0.1, 0.15) is 11.5 Å². The van der Waals surface area contributed by atoms with Gasteiger partial charge in [0, 0.05) is 11.9 Å². The Hall–Kier alpha value is -1.74. The minimum atomic E-state index is 0.435. The van der Waals surface area contributed by atoms with Crippen molar-refractivity contribution in [2.75, 3.05) is 33.4 Å². The fraction of sp³-hybridized carbons (Fsp3) is 0.565. The molecule has 3 nitrogen and oxygen atoms in total. The second-order valence-electron chi connectivity index (χ2n) is 7.79. The molecule has 3 heteroatoms. The van der Waals surface area contributed by atoms with Gasteiger partial charge in [-0.1, -0.05) is 32.4 Å². The summed E-state index contributed by atoms with van der Waals surface area (Å²) >= 11 is 0. The smallest absolute Gasteiger partial charge is 0.130 e. The first-order valence-corrected chi connectivity index (χ1v) is 10.1. The van der Waals surface area contributed by atoms with Gasteiger partial charge in [0.15, 0.2) is 0 Å². The molecule has 0 N–H and O–H groups in total. The molecular weight excluding hydrogens is 322 g/mol. The summed E-state index contributed by atoms with van der Waals surface area (Å²) in [4.78, 5) is 2.57. The molecular formula is C23H33NO2. The van der Waals surface area contributed by atoms with Crippen molar-refractivity contribution in [1.29, 1.82) is 0 Å². The van der Waals surface area contributed by atoms with Crippen LogP contribution in [-0.2, 0) is 0 Å². The normalized spacial score (nSPS) is 15.6. The fourth-order valence-corrected chi connectivity index (χ4v) is 3.92. The second-order valence-corrected chi connectivity index (χ2v) is 7.79. The van der Waals surface area contributed by atoms with Crippen LogP contribution < -0.4 is 9.47 Å². The van der Waals surface area contributed by atoms with Crippen LogP contribution in [0.1, 0.15) is 56.6 Å². The highest BCUT2D eigenvalue weighted by molar-refractivity contribution is 5.91. The third-order valence-corrected chi connectivity index (χ3v) is 5.45. The minimum absolute atomic E-state index is 0.435. The third-order valence-electron chi connectivity index (χ3n) is 5.45. The molecule has 0 amide bonds. The Labute approximate surface area is 158 Å². The number of fused-ring (bicyclic) bond motifs is 1. The van der Waals surface area contributed by atoms with Crippen LogP contribution in [0.25, 0.3) is 10.8 Å². The van der Waals surface area contributed by atoms with Crippen molar-refractivity contribution >= 4 is 10.8 Å². The number of hydrogen-bond donors (Lipinski definition) is 0. The zero-order valence-corrected chi connectivity index (χ0v) is 16.8. The van der Waals surface area contributed by atoms with E-state index in [-0.39, 0.29) is 0 Å². The summed E-state index contributed by atoms with van der Waals surface area (Å²) in [6, 6.07) is 8.76. The van der Waals surface area contributed by atoms with E-state index in [0.717, 1.165) is 36.5 Å². The summed E-state index contributed by atoms with van der Waals surface area (Å²) in [5, 5.41) is 2.38. The van der Waals surface area contributed by atoms with E-state index in [4.69, 9.17) is 9.47 Å². The zero-order chi connectivity index (χ0) is 18.5. The molecule has 0 aliphatic carbocycles. The van der Waals surface area contributed by atoms with Crippen LogP contribution in [0.5, 0.6) is 11.5 Å². The van der Waals surface area contributed by atoms with Gasteiger partial charge in [-0.05, 0) is 73.8 Å². The molecule has 26 heavy (non-hydrogen) atoms. The van der Waals surface area contributed by atoms with Gasteiger partial charge in [-0.2, -0.15) is 0 Å². The standard InChI is InChI=1S/C23H33NO2/c1-17(2)20-15-19-10-9-18(3)23(21(19)16-22(20)25-4)26-14-8-13-24-11-6-5-7-12-24/h9-10,15-17H,5-8,11-14H2,1-4H3. The lowest BCUT2D eigenvalue weighted by Gasteiger charge is -2.26. The summed E-state index contributed by atoms with van der Waals surface area (Å²) < 4.78 is 11.9. The quantitative estimate of drug-likeness (QED) is 0.609. The number of methoxy groups -OCH3 is 1. The van der Waals surface area contributed by atoms with E-state index in [1.54, 1.807) is 7.11 Å². The van der Waals surface area contributed by atoms with Crippen molar-refractivity contribution < 1.29 is 9.47 Å². The number of hydrogen-bond acceptors (Lipinski definition) is 3. The summed E-state index contributed by atoms with van der Waals surface area (Å²) in [7, 11) is 1.75. The molecule has 142 valence electrons. The Kier molecular flexibility index (Phi) is 6.42. The Morgan fingerprint density at radius 1 is 1.08 bits per heavy atom. The molecule has 0 spiro atoms. The van der Waals surface area contributed by atoms with Crippen molar-refractivity contribution in [3.63, 3.8) is 0 Å². The maximum Gasteiger partial charge on any atom is 0.130 e. The van der Waals surface area contributed by atoms with E-state index < -0.39 is 0 Å². The van der Waals surface area contributed by atoms with Crippen LogP contribution in [0.4, 0.5) is 0 Å². The van der Waals surface area contributed by atoms with Crippen molar-refractivity contribution in [1.82, 2.24) is 4.90 Å². The third kappa shape index (κ3) is 4.32. The van der Waals surface area contributed by atoms with E-state index >= 15 is 0 Å². The summed E-state index contributed by atoms with van der Waals surface area (Å²) in [6.45, 7) is 11.0. The molecule has 0 bridgehead atoms. The first-order valence-electron chi connectivity index (χ1n) is 10.1. The zero-order valence-electron chi connectivity index (χ0n) is 16.8. The molecule has 0 aromatic heterocycles. The van der Waals surface area contributed by atoms with Gasteiger partial charge in [-0.25, -0.2) is 0 Å². The number of rotatable bonds is 7. The predicted molar refractivity (Wildman–Crippen MR) is 110 cm³/mol. The number of nitrogens with zero attached hydrogens (tertiary/aromatic N) is 1. The first-order chi connectivity index (χ1) is 12.6. The summed E-state index contributed by atoms with van der Waals surface area (Å²) in [6.07, 6.45) is 5.17. The van der Waals surface area contributed by atoms with E-state index in [2.05, 4.69) is 49.9 Å². The number of piperidine rings is 1. The number of aryl methyl sites for hydroxylation is 1. The molecule has 0 saturated carbocycles. The molecule has 1 heterocycles. The van der Waals surface area contributed by atoms with Gasteiger partial charge in [0.25, 0.3) is 0 Å². The Morgan fingerprint density at radius 2 is 1.85 bits per heavy atom. The van der Waals surface area contributed by atoms with Gasteiger partial charge < -0.3 is 14.4 Å². The van der Waals surface area contributed by atoms with Gasteiger partial charge >= 0.3 is 0 Å². The lowest BCUT2D eigenvalue weighted by molar-refractivity contribution is 0.205. The average molecular weight is 356 g/mol. The van der Waals surface area contributed by atoms with Crippen LogP contribution in [0.2, 0.25) is 0 Å². The van der Waals surface area contributed by atoms with Gasteiger partial charge in [0.2, 0.25) is 0 Å². The molecule has 0 radical (unpaired) electrons. The lowest BCUT2D eigenvalue weighted by Crippen LogP contribution is -2.31. The van der Waals surface area contributed by atoms with E-state index in [1.807, 2.05) is 0 Å². The second kappa shape index (κ2) is 8.77. The minimum Gasteiger partial charge on any atom is -0.496 e. The van der Waals surface area contributed by atoms with E-state index in [0.29, 0.717) is 5.92 Å². The Morgan fingerprint density at radius 3 is 2.54 bits per heavy atom. The number of benzene rings is 2. The molecule has 0 atom stereocenters. The Bertz CT molecular complexity index is 733. The molecule has 1 aliphatic heterocycles. The molecule has 1 aliphatic rings. The maximum absolute atomic E-state index is 6.26. The first kappa shape index (κ1) is 19.0. The predicted octanol–water partition coefficient (Wildman–Crippen LogP) is 5.54. The number of ether oxygens (including phenoxy) is 2. The molecule has 1 saturated heterocycles. The molecule has 2 aromatic carbocycles. The molecule has 3 rings (SSSR count). The van der Waals surface area contributed by atoms with Crippen molar-refractivity contribution in [2.24, 2.45) is 0 Å². The SMILES string of the molecule is COc1cc2c(OCCCN3CCCCC3)c(C)ccc2cc1C(C)C. The topological polar surface area (TPSA) is 21.7 Å². The Balaban J connectivity index is 1.75. The highest BCUT2D eigenvalue weighted by atomic mass is 16.5. The van der Waals surface area contributed by atoms with Crippen molar-refractivity contribution in [2.45, 2.75) is 52.4 Å². The van der Waals surface area contributed by atoms with Crippen LogP contribution in [0.3, 0.4) is 0 Å². The van der Waals surface area contributed by atoms with E-state index in [9.17, 15) is 0 Å². The highest BCUT2D eigenvalue weighted by Crippen LogP contribution is 2.37. The number of likely N-dealkylation sites (tertiary alicyclic amines) is 1. The highest BCUT2D eigenvalue weighted by Gasteiger charge is 2.14. The van der Waals surface area contributed by atoms with Gasteiger partial charge in [-0.3, -0.25) is 0 Å². The molecule has 2 aromatic rings. The van der Waals surface area contributed by atoms with Crippen LogP contribution in [-0.4, -0.2) is 38.3 Å². The molecule has 1 fully saturated rings. The van der Waals surface area contributed by atoms with Crippen molar-refractivity contribution in [3.05, 3.63) is 35.4 Å². The monoisotopic (exact) mass is 355 g/mol. The summed E-state index contributed by atoms with van der Waals surface area (Å²) in [5.41, 5.74) is 2.44. The molecule has 0 unspecified atom stereocenters. The van der Waals surface area contributed by atoms with E-state index in [1.165, 1.54) is 48.9 Å². The van der Waals surface area contributed by atoms with Crippen LogP contribution in [0, 0.1) is 6.92 Å². The average Bonchev–Trinajstić information content (AvgIpc) is 2.66. The fourth-order valence-electron chi connectivity index (χ4n) is 3.92. The van der Waals surface area contributed by atoms with Crippen LogP contribution >= 0.6 is 0 Å². The van der Waals surface area contributed by atoms with Crippen LogP contribution in [0.15, 0.2) is 24.3 Å².